The van der Waals surface area contributed by atoms with Gasteiger partial charge in [-0.1, -0.05) is 0 Å². The maximum atomic E-state index is 13.2. The van der Waals surface area contributed by atoms with E-state index in [0.717, 1.165) is 87.4 Å². The molecule has 30 heavy (non-hydrogen) atoms. The van der Waals surface area contributed by atoms with E-state index in [9.17, 15) is 9.59 Å². The molecule has 0 aromatic carbocycles. The largest absolute Gasteiger partial charge is 0.379 e. The zero-order valence-corrected chi connectivity index (χ0v) is 18.3. The number of carbonyl (C=O) groups excluding carboxylic acids is 1. The highest BCUT2D eigenvalue weighted by atomic mass is 32.1. The summed E-state index contributed by atoms with van der Waals surface area (Å²) in [5, 5.41) is 0. The van der Waals surface area contributed by atoms with Gasteiger partial charge in [-0.25, -0.2) is 4.98 Å². The van der Waals surface area contributed by atoms with E-state index in [1.54, 1.807) is 10.5 Å². The Hall–Kier alpha value is -1.81. The molecule has 3 saturated heterocycles. The number of aryl methyl sites for hydroxylation is 1. The monoisotopic (exact) mass is 431 g/mol. The average molecular weight is 432 g/mol. The molecule has 9 heteroatoms. The molecule has 1 spiro atoms. The molecule has 0 N–H and O–H groups in total. The second kappa shape index (κ2) is 8.03. The fraction of sp³-hybridized carbons (Fsp3) is 0.667. The second-order valence-corrected chi connectivity index (χ2v) is 10.0. The van der Waals surface area contributed by atoms with Crippen molar-refractivity contribution in [3.8, 4) is 0 Å². The molecule has 162 valence electrons. The lowest BCUT2D eigenvalue weighted by Gasteiger charge is -2.29. The van der Waals surface area contributed by atoms with Crippen molar-refractivity contribution in [3.05, 3.63) is 33.2 Å². The highest BCUT2D eigenvalue weighted by Gasteiger charge is 2.50. The zero-order chi connectivity index (χ0) is 20.7. The third-order valence-corrected chi connectivity index (χ3v) is 7.64. The molecule has 3 aliphatic rings. The first-order chi connectivity index (χ1) is 14.5. The number of thiazole rings is 1. The molecule has 2 aromatic rings. The van der Waals surface area contributed by atoms with Crippen LogP contribution >= 0.6 is 11.3 Å². The van der Waals surface area contributed by atoms with Gasteiger partial charge in [-0.2, -0.15) is 0 Å². The van der Waals surface area contributed by atoms with Gasteiger partial charge in [0.25, 0.3) is 5.56 Å². The first-order valence-corrected chi connectivity index (χ1v) is 11.6. The van der Waals surface area contributed by atoms with E-state index in [0.29, 0.717) is 12.5 Å². The summed E-state index contributed by atoms with van der Waals surface area (Å²) in [6.07, 6.45) is 3.68. The normalized spacial score (nSPS) is 25.9. The summed E-state index contributed by atoms with van der Waals surface area (Å²) in [4.78, 5) is 38.8. The van der Waals surface area contributed by atoms with Crippen LogP contribution in [0.15, 0.2) is 17.1 Å². The van der Waals surface area contributed by atoms with Crippen molar-refractivity contribution in [1.29, 1.82) is 0 Å². The van der Waals surface area contributed by atoms with Crippen LogP contribution in [0.3, 0.4) is 0 Å². The number of fused-ring (bicyclic) bond motifs is 1. The molecule has 0 radical (unpaired) electrons. The van der Waals surface area contributed by atoms with Gasteiger partial charge in [0.2, 0.25) is 5.91 Å². The van der Waals surface area contributed by atoms with Gasteiger partial charge < -0.3 is 9.64 Å². The molecule has 1 atom stereocenters. The third-order valence-electron chi connectivity index (χ3n) is 6.75. The van der Waals surface area contributed by atoms with E-state index in [-0.39, 0.29) is 11.0 Å². The molecule has 2 aromatic heterocycles. The predicted octanol–water partition coefficient (Wildman–Crippen LogP) is 0.821. The Morgan fingerprint density at radius 2 is 1.90 bits per heavy atom. The molecule has 5 rings (SSSR count). The second-order valence-electron chi connectivity index (χ2n) is 8.82. The van der Waals surface area contributed by atoms with E-state index in [1.165, 1.54) is 11.3 Å². The Labute approximate surface area is 180 Å². The highest BCUT2D eigenvalue weighted by molar-refractivity contribution is 7.16. The number of hydrogen-bond donors (Lipinski definition) is 0. The van der Waals surface area contributed by atoms with E-state index < -0.39 is 0 Å². The molecule has 8 nitrogen and oxygen atoms in total. The van der Waals surface area contributed by atoms with Crippen molar-refractivity contribution in [2.75, 3.05) is 59.0 Å². The number of amides is 1. The van der Waals surface area contributed by atoms with Gasteiger partial charge in [0, 0.05) is 63.0 Å². The highest BCUT2D eigenvalue weighted by Crippen LogP contribution is 2.41. The first-order valence-electron chi connectivity index (χ1n) is 10.8. The summed E-state index contributed by atoms with van der Waals surface area (Å²) in [5.41, 5.74) is 0.525. The number of aromatic nitrogens is 2. The molecule has 5 heterocycles. The number of carbonyl (C=O) groups is 1. The Bertz CT molecular complexity index is 998. The minimum atomic E-state index is -0.246. The Morgan fingerprint density at radius 3 is 2.73 bits per heavy atom. The lowest BCUT2D eigenvalue weighted by atomic mass is 9.85. The third kappa shape index (κ3) is 3.79. The zero-order valence-electron chi connectivity index (χ0n) is 17.5. The lowest BCUT2D eigenvalue weighted by Crippen LogP contribution is -2.43. The maximum absolute atomic E-state index is 13.2. The van der Waals surface area contributed by atoms with Crippen molar-refractivity contribution in [2.45, 2.75) is 26.3 Å². The summed E-state index contributed by atoms with van der Waals surface area (Å²) < 4.78 is 7.02. The smallest absolute Gasteiger partial charge is 0.258 e. The van der Waals surface area contributed by atoms with E-state index in [1.807, 2.05) is 13.1 Å². The molecule has 3 fully saturated rings. The van der Waals surface area contributed by atoms with Crippen LogP contribution in [0.5, 0.6) is 0 Å². The lowest BCUT2D eigenvalue weighted by molar-refractivity contribution is -0.135. The minimum absolute atomic E-state index is 0.0282. The Morgan fingerprint density at radius 1 is 1.10 bits per heavy atom. The van der Waals surface area contributed by atoms with Gasteiger partial charge in [0.1, 0.15) is 0 Å². The summed E-state index contributed by atoms with van der Waals surface area (Å²) in [6.45, 7) is 10.4. The molecule has 3 aliphatic heterocycles. The van der Waals surface area contributed by atoms with E-state index >= 15 is 0 Å². The summed E-state index contributed by atoms with van der Waals surface area (Å²) >= 11 is 1.54. The van der Waals surface area contributed by atoms with Gasteiger partial charge in [0.05, 0.1) is 24.3 Å². The SMILES string of the molecule is Cc1cn2c(=O)cc(CN3CCC4(CCN(CCN5CCOCC5)C4=O)C3)nc2s1. The predicted molar refractivity (Wildman–Crippen MR) is 115 cm³/mol. The van der Waals surface area contributed by atoms with E-state index in [4.69, 9.17) is 4.74 Å². The fourth-order valence-electron chi connectivity index (χ4n) is 5.03. The fourth-order valence-corrected chi connectivity index (χ4v) is 5.88. The van der Waals surface area contributed by atoms with Crippen LogP contribution in [-0.2, 0) is 16.1 Å². The van der Waals surface area contributed by atoms with Crippen molar-refractivity contribution < 1.29 is 9.53 Å². The topological polar surface area (TPSA) is 70.4 Å². The quantitative estimate of drug-likeness (QED) is 0.698. The number of hydrogen-bond acceptors (Lipinski definition) is 7. The summed E-state index contributed by atoms with van der Waals surface area (Å²) in [5.74, 6) is 0.315. The first kappa shape index (κ1) is 20.1. The van der Waals surface area contributed by atoms with Crippen molar-refractivity contribution in [2.24, 2.45) is 5.41 Å². The molecule has 1 unspecified atom stereocenters. The molecule has 1 amide bonds. The number of likely N-dealkylation sites (tertiary alicyclic amines) is 2. The standard InChI is InChI=1S/C21H29N5O3S/c1-16-13-26-18(27)12-17(22-20(26)30-16)14-24-4-2-21(15-24)3-5-25(19(21)28)7-6-23-8-10-29-11-9-23/h12-13H,2-11,14-15H2,1H3. The van der Waals surface area contributed by atoms with Crippen LogP contribution in [0.25, 0.3) is 4.96 Å². The van der Waals surface area contributed by atoms with Crippen LogP contribution in [0.4, 0.5) is 0 Å². The maximum Gasteiger partial charge on any atom is 0.258 e. The van der Waals surface area contributed by atoms with Gasteiger partial charge in [0.15, 0.2) is 4.96 Å². The number of nitrogens with zero attached hydrogens (tertiary/aromatic N) is 5. The average Bonchev–Trinajstić information content (AvgIpc) is 3.40. The van der Waals surface area contributed by atoms with Crippen LogP contribution in [0.1, 0.15) is 23.4 Å². The number of rotatable bonds is 5. The van der Waals surface area contributed by atoms with Gasteiger partial charge in [-0.15, -0.1) is 11.3 Å². The molecule has 0 aliphatic carbocycles. The molecular formula is C21H29N5O3S. The molecule has 0 bridgehead atoms. The molecular weight excluding hydrogens is 402 g/mol. The Kier molecular flexibility index (Phi) is 5.38. The van der Waals surface area contributed by atoms with Crippen molar-refractivity contribution in [3.63, 3.8) is 0 Å². The van der Waals surface area contributed by atoms with Crippen LogP contribution in [0, 0.1) is 12.3 Å². The summed E-state index contributed by atoms with van der Waals surface area (Å²) in [7, 11) is 0. The Balaban J connectivity index is 1.21. The minimum Gasteiger partial charge on any atom is -0.379 e. The number of morpholine rings is 1. The summed E-state index contributed by atoms with van der Waals surface area (Å²) in [6, 6.07) is 1.63. The van der Waals surface area contributed by atoms with Crippen LogP contribution in [0.2, 0.25) is 0 Å². The van der Waals surface area contributed by atoms with Crippen LogP contribution < -0.4 is 5.56 Å². The molecule has 0 saturated carbocycles. The van der Waals surface area contributed by atoms with Crippen LogP contribution in [-0.4, -0.2) is 89.0 Å². The van der Waals surface area contributed by atoms with Gasteiger partial charge in [-0.05, 0) is 26.3 Å². The number of ether oxygens (including phenoxy) is 1. The van der Waals surface area contributed by atoms with E-state index in [2.05, 4.69) is 19.7 Å². The van der Waals surface area contributed by atoms with Gasteiger partial charge in [-0.3, -0.25) is 23.8 Å². The van der Waals surface area contributed by atoms with Crippen molar-refractivity contribution in [1.82, 2.24) is 24.1 Å². The van der Waals surface area contributed by atoms with Gasteiger partial charge >= 0.3 is 0 Å². The van der Waals surface area contributed by atoms with Crippen molar-refractivity contribution >= 4 is 22.2 Å².